The van der Waals surface area contributed by atoms with Crippen LogP contribution in [0.25, 0.3) is 5.69 Å². The Bertz CT molecular complexity index is 729. The lowest BCUT2D eigenvalue weighted by molar-refractivity contribution is 0.0951. The first-order valence-electron chi connectivity index (χ1n) is 6.65. The van der Waals surface area contributed by atoms with Crippen molar-refractivity contribution in [2.75, 3.05) is 0 Å². The predicted octanol–water partition coefficient (Wildman–Crippen LogP) is 3.17. The lowest BCUT2D eigenvalue weighted by Crippen LogP contribution is -2.22. The zero-order valence-electron chi connectivity index (χ0n) is 11.6. The smallest absolute Gasteiger partial charge is 0.251 e. The van der Waals surface area contributed by atoms with Gasteiger partial charge in [0.15, 0.2) is 0 Å². The average Bonchev–Trinajstić information content (AvgIpc) is 3.17. The van der Waals surface area contributed by atoms with Gasteiger partial charge < -0.3 is 5.32 Å². The zero-order valence-corrected chi connectivity index (χ0v) is 12.4. The molecule has 0 saturated heterocycles. The number of amides is 1. The van der Waals surface area contributed by atoms with E-state index in [0.29, 0.717) is 12.1 Å². The molecule has 0 fully saturated rings. The van der Waals surface area contributed by atoms with E-state index >= 15 is 0 Å². The molecule has 0 bridgehead atoms. The monoisotopic (exact) mass is 297 g/mol. The Kier molecular flexibility index (Phi) is 3.83. The summed E-state index contributed by atoms with van der Waals surface area (Å²) in [5, 5.41) is 9.14. The van der Waals surface area contributed by atoms with Crippen LogP contribution in [0.5, 0.6) is 0 Å². The van der Waals surface area contributed by atoms with Gasteiger partial charge in [0.2, 0.25) is 0 Å². The van der Waals surface area contributed by atoms with Gasteiger partial charge in [-0.05, 0) is 54.3 Å². The van der Waals surface area contributed by atoms with E-state index in [1.807, 2.05) is 41.9 Å². The van der Waals surface area contributed by atoms with Gasteiger partial charge in [-0.25, -0.2) is 4.68 Å². The molecule has 0 atom stereocenters. The molecule has 0 saturated carbocycles. The van der Waals surface area contributed by atoms with E-state index in [4.69, 9.17) is 0 Å². The van der Waals surface area contributed by atoms with Gasteiger partial charge in [0.1, 0.15) is 0 Å². The van der Waals surface area contributed by atoms with Crippen molar-refractivity contribution in [1.82, 2.24) is 15.1 Å². The van der Waals surface area contributed by atoms with Crippen molar-refractivity contribution in [2.45, 2.75) is 13.5 Å². The van der Waals surface area contributed by atoms with Crippen LogP contribution >= 0.6 is 11.3 Å². The number of nitrogens with zero attached hydrogens (tertiary/aromatic N) is 2. The second-order valence-electron chi connectivity index (χ2n) is 4.71. The number of thiophene rings is 1. The van der Waals surface area contributed by atoms with Gasteiger partial charge in [-0.1, -0.05) is 0 Å². The van der Waals surface area contributed by atoms with Crippen molar-refractivity contribution in [3.8, 4) is 5.69 Å². The summed E-state index contributed by atoms with van der Waals surface area (Å²) in [4.78, 5) is 13.3. The number of carbonyl (C=O) groups excluding carboxylic acids is 1. The Morgan fingerprint density at radius 3 is 2.71 bits per heavy atom. The highest BCUT2D eigenvalue weighted by Crippen LogP contribution is 2.15. The predicted molar refractivity (Wildman–Crippen MR) is 83.8 cm³/mol. The maximum Gasteiger partial charge on any atom is 0.251 e. The van der Waals surface area contributed by atoms with E-state index in [1.165, 1.54) is 10.4 Å². The molecule has 3 aromatic rings. The Hall–Kier alpha value is -2.40. The van der Waals surface area contributed by atoms with E-state index in [0.717, 1.165) is 5.69 Å². The molecule has 1 amide bonds. The van der Waals surface area contributed by atoms with Crippen LogP contribution in [0.2, 0.25) is 0 Å². The van der Waals surface area contributed by atoms with Crippen LogP contribution in [0.1, 0.15) is 20.8 Å². The van der Waals surface area contributed by atoms with Crippen LogP contribution in [-0.4, -0.2) is 15.7 Å². The van der Waals surface area contributed by atoms with Crippen molar-refractivity contribution >= 4 is 17.2 Å². The largest absolute Gasteiger partial charge is 0.347 e. The summed E-state index contributed by atoms with van der Waals surface area (Å²) in [5.41, 5.74) is 2.81. The molecule has 1 aromatic carbocycles. The van der Waals surface area contributed by atoms with E-state index in [-0.39, 0.29) is 5.91 Å². The number of aryl methyl sites for hydroxylation is 1. The molecule has 4 nitrogen and oxygen atoms in total. The molecule has 106 valence electrons. The second-order valence-corrected chi connectivity index (χ2v) is 5.71. The molecule has 2 heterocycles. The number of hydrogen-bond donors (Lipinski definition) is 1. The summed E-state index contributed by atoms with van der Waals surface area (Å²) < 4.78 is 1.76. The average molecular weight is 297 g/mol. The number of nitrogens with one attached hydrogen (secondary N) is 1. The third kappa shape index (κ3) is 3.03. The summed E-state index contributed by atoms with van der Waals surface area (Å²) in [7, 11) is 0. The highest BCUT2D eigenvalue weighted by Gasteiger charge is 2.07. The molecule has 0 aliphatic rings. The number of carbonyl (C=O) groups is 1. The molecule has 2 aromatic heterocycles. The highest BCUT2D eigenvalue weighted by molar-refractivity contribution is 7.10. The zero-order chi connectivity index (χ0) is 14.7. The van der Waals surface area contributed by atoms with Gasteiger partial charge in [-0.15, -0.1) is 11.3 Å². The molecule has 1 N–H and O–H groups in total. The minimum atomic E-state index is -0.0604. The summed E-state index contributed by atoms with van der Waals surface area (Å²) in [6, 6.07) is 11.3. The van der Waals surface area contributed by atoms with Crippen LogP contribution in [-0.2, 0) is 6.54 Å². The molecule has 0 unspecified atom stereocenters. The first-order valence-corrected chi connectivity index (χ1v) is 7.53. The van der Waals surface area contributed by atoms with E-state index in [1.54, 1.807) is 22.2 Å². The van der Waals surface area contributed by atoms with Crippen molar-refractivity contribution in [3.05, 3.63) is 70.2 Å². The van der Waals surface area contributed by atoms with Gasteiger partial charge in [0.05, 0.1) is 12.2 Å². The first kappa shape index (κ1) is 13.6. The normalized spacial score (nSPS) is 10.5. The maximum atomic E-state index is 12.1. The van der Waals surface area contributed by atoms with Gasteiger partial charge in [-0.2, -0.15) is 5.10 Å². The molecule has 0 radical (unpaired) electrons. The fourth-order valence-corrected chi connectivity index (χ4v) is 2.88. The van der Waals surface area contributed by atoms with Crippen molar-refractivity contribution in [2.24, 2.45) is 0 Å². The highest BCUT2D eigenvalue weighted by atomic mass is 32.1. The van der Waals surface area contributed by atoms with E-state index < -0.39 is 0 Å². The molecular formula is C16H15N3OS. The van der Waals surface area contributed by atoms with Crippen molar-refractivity contribution in [1.29, 1.82) is 0 Å². The summed E-state index contributed by atoms with van der Waals surface area (Å²) in [5.74, 6) is -0.0604. The van der Waals surface area contributed by atoms with Gasteiger partial charge in [0.25, 0.3) is 5.91 Å². The number of hydrogen-bond acceptors (Lipinski definition) is 3. The fourth-order valence-electron chi connectivity index (χ4n) is 2.03. The second kappa shape index (κ2) is 5.93. The number of rotatable bonds is 4. The summed E-state index contributed by atoms with van der Waals surface area (Å²) in [6.45, 7) is 2.63. The molecule has 21 heavy (non-hydrogen) atoms. The minimum Gasteiger partial charge on any atom is -0.347 e. The topological polar surface area (TPSA) is 46.9 Å². The molecule has 5 heteroatoms. The fraction of sp³-hybridized carbons (Fsp3) is 0.125. The Morgan fingerprint density at radius 2 is 2.10 bits per heavy atom. The Morgan fingerprint density at radius 1 is 1.29 bits per heavy atom. The minimum absolute atomic E-state index is 0.0604. The molecule has 0 aliphatic heterocycles. The summed E-state index contributed by atoms with van der Waals surface area (Å²) in [6.07, 6.45) is 3.60. The molecular weight excluding hydrogens is 282 g/mol. The van der Waals surface area contributed by atoms with Crippen molar-refractivity contribution in [3.63, 3.8) is 0 Å². The Balaban J connectivity index is 1.66. The van der Waals surface area contributed by atoms with Crippen LogP contribution in [0.15, 0.2) is 54.2 Å². The third-order valence-corrected chi connectivity index (χ3v) is 4.30. The van der Waals surface area contributed by atoms with Crippen LogP contribution in [0.3, 0.4) is 0 Å². The van der Waals surface area contributed by atoms with Crippen LogP contribution in [0.4, 0.5) is 0 Å². The van der Waals surface area contributed by atoms with Crippen LogP contribution in [0, 0.1) is 6.92 Å². The third-order valence-electron chi connectivity index (χ3n) is 3.28. The lowest BCUT2D eigenvalue weighted by atomic mass is 10.2. The standard InChI is InChI=1S/C16H15N3OS/c1-12-7-10-21-15(12)11-17-16(20)13-3-5-14(6-4-13)19-9-2-8-18-19/h2-10H,11H2,1H3,(H,17,20). The van der Waals surface area contributed by atoms with Crippen molar-refractivity contribution < 1.29 is 4.79 Å². The maximum absolute atomic E-state index is 12.1. The van der Waals surface area contributed by atoms with Gasteiger partial charge >= 0.3 is 0 Å². The Labute approximate surface area is 127 Å². The molecule has 0 spiro atoms. The number of benzene rings is 1. The van der Waals surface area contributed by atoms with Gasteiger partial charge in [0, 0.05) is 22.8 Å². The summed E-state index contributed by atoms with van der Waals surface area (Å²) >= 11 is 1.66. The van der Waals surface area contributed by atoms with E-state index in [9.17, 15) is 4.79 Å². The number of aromatic nitrogens is 2. The lowest BCUT2D eigenvalue weighted by Gasteiger charge is -2.06. The SMILES string of the molecule is Cc1ccsc1CNC(=O)c1ccc(-n2cccn2)cc1. The first-order chi connectivity index (χ1) is 10.2. The van der Waals surface area contributed by atoms with Crippen LogP contribution < -0.4 is 5.32 Å². The quantitative estimate of drug-likeness (QED) is 0.804. The molecule has 3 rings (SSSR count). The molecule has 0 aliphatic carbocycles. The van der Waals surface area contributed by atoms with Gasteiger partial charge in [-0.3, -0.25) is 4.79 Å². The van der Waals surface area contributed by atoms with E-state index in [2.05, 4.69) is 23.4 Å².